The van der Waals surface area contributed by atoms with Crippen LogP contribution >= 0.6 is 34.8 Å². The van der Waals surface area contributed by atoms with Gasteiger partial charge in [0.1, 0.15) is 33.9 Å². The summed E-state index contributed by atoms with van der Waals surface area (Å²) in [7, 11) is 2.85. The Morgan fingerprint density at radius 2 is 1.36 bits per heavy atom. The predicted octanol–water partition coefficient (Wildman–Crippen LogP) is 8.67. The molecule has 4 aromatic carbocycles. The van der Waals surface area contributed by atoms with E-state index < -0.39 is 0 Å². The molecular weight excluding hydrogens is 765 g/mol. The molecule has 0 amide bonds. The van der Waals surface area contributed by atoms with Gasteiger partial charge in [-0.2, -0.15) is 0 Å². The first-order chi connectivity index (χ1) is 26.7. The van der Waals surface area contributed by atoms with E-state index in [9.17, 15) is 9.59 Å². The van der Waals surface area contributed by atoms with Crippen molar-refractivity contribution in [2.24, 2.45) is 15.9 Å². The van der Waals surface area contributed by atoms with Crippen LogP contribution in [0.2, 0.25) is 10.0 Å². The lowest BCUT2D eigenvalue weighted by Gasteiger charge is -2.35. The summed E-state index contributed by atoms with van der Waals surface area (Å²) >= 11 is 18.3. The third-order valence-electron chi connectivity index (χ3n) is 9.24. The van der Waals surface area contributed by atoms with Gasteiger partial charge in [-0.15, -0.1) is 0 Å². The summed E-state index contributed by atoms with van der Waals surface area (Å²) in [5.41, 5.74) is 3.03. The van der Waals surface area contributed by atoms with Crippen molar-refractivity contribution in [3.63, 3.8) is 0 Å². The van der Waals surface area contributed by atoms with Crippen molar-refractivity contribution in [2.45, 2.75) is 31.7 Å². The molecule has 55 heavy (non-hydrogen) atoms. The van der Waals surface area contributed by atoms with Gasteiger partial charge < -0.3 is 34.5 Å². The Morgan fingerprint density at radius 3 is 2.00 bits per heavy atom. The first-order valence-electron chi connectivity index (χ1n) is 18.0. The van der Waals surface area contributed by atoms with Gasteiger partial charge in [-0.1, -0.05) is 59.1 Å². The topological polar surface area (TPSA) is 123 Å². The van der Waals surface area contributed by atoms with Gasteiger partial charge in [0.05, 0.1) is 31.8 Å². The van der Waals surface area contributed by atoms with Crippen LogP contribution in [0.5, 0.6) is 23.0 Å². The number of carbonyl (C=O) groups is 2. The average molecular weight is 807 g/mol. The van der Waals surface area contributed by atoms with Gasteiger partial charge in [0, 0.05) is 42.1 Å². The monoisotopic (exact) mass is 805 g/mol. The molecule has 4 aromatic rings. The van der Waals surface area contributed by atoms with Crippen LogP contribution in [0.15, 0.2) is 94.9 Å². The second kappa shape index (κ2) is 19.3. The minimum atomic E-state index is -0.224. The zero-order valence-electron chi connectivity index (χ0n) is 30.5. The van der Waals surface area contributed by atoms with Crippen molar-refractivity contribution in [1.29, 1.82) is 0 Å². The number of methoxy groups -OCH3 is 2. The number of nitrogens with one attached hydrogen (secondary N) is 2. The number of esters is 2. The van der Waals surface area contributed by atoms with E-state index in [-0.39, 0.29) is 18.0 Å². The molecule has 2 saturated heterocycles. The van der Waals surface area contributed by atoms with Crippen LogP contribution < -0.4 is 20.1 Å². The van der Waals surface area contributed by atoms with Crippen molar-refractivity contribution in [1.82, 2.24) is 15.5 Å². The van der Waals surface area contributed by atoms with E-state index in [1.54, 1.807) is 30.3 Å². The molecule has 4 aliphatic heterocycles. The molecule has 2 atom stereocenters. The van der Waals surface area contributed by atoms with Crippen molar-refractivity contribution in [3.05, 3.63) is 106 Å². The van der Waals surface area contributed by atoms with Gasteiger partial charge >= 0.3 is 11.9 Å². The maximum absolute atomic E-state index is 11.7. The summed E-state index contributed by atoms with van der Waals surface area (Å²) in [6.45, 7) is 4.25. The molecule has 0 bridgehead atoms. The quantitative estimate of drug-likeness (QED) is 0.195. The van der Waals surface area contributed by atoms with Crippen molar-refractivity contribution < 1.29 is 28.5 Å². The van der Waals surface area contributed by atoms with E-state index in [2.05, 4.69) is 25.3 Å². The second-order valence-corrected chi connectivity index (χ2v) is 14.4. The van der Waals surface area contributed by atoms with E-state index in [1.807, 2.05) is 54.6 Å². The number of nitrogens with zero attached hydrogens (tertiary/aromatic N) is 3. The number of ether oxygens (including phenoxy) is 4. The highest BCUT2D eigenvalue weighted by Gasteiger charge is 2.28. The fraction of sp³-hybridized carbons (Fsp3) is 0.317. The van der Waals surface area contributed by atoms with Gasteiger partial charge in [0.2, 0.25) is 0 Å². The van der Waals surface area contributed by atoms with E-state index in [0.717, 1.165) is 55.3 Å². The lowest BCUT2D eigenvalue weighted by atomic mass is 9.96. The standard InChI is InChI=1S/C20H20ClN3O3.C13H7Cl2NO.C8H15NO2/c1-26-19(25)11-14-12-24(9-8-22-14)20-15-4-2-3-5-17(15)27-18-7-6-13(21)10-16(18)23-20;14-8-5-6-12-10(7-8)16-13(15)9-3-1-2-4-11(9)17-12;1-11-8(10)5-7-3-2-4-9-6-7/h2-7,10,14,22H,8-9,11-12H2,1H3;1-7H;7,9H,2-6H2,1H3. The number of aliphatic imine (C=N–C) groups is 2. The van der Waals surface area contributed by atoms with E-state index in [0.29, 0.717) is 69.1 Å². The lowest BCUT2D eigenvalue weighted by molar-refractivity contribution is -0.142. The molecule has 288 valence electrons. The Hall–Kier alpha value is -4.65. The number of piperazine rings is 1. The summed E-state index contributed by atoms with van der Waals surface area (Å²) < 4.78 is 21.3. The second-order valence-electron chi connectivity index (χ2n) is 13.1. The number of rotatable bonds is 4. The Labute approximate surface area is 335 Å². The lowest BCUT2D eigenvalue weighted by Crippen LogP contribution is -2.53. The fourth-order valence-electron chi connectivity index (χ4n) is 6.47. The third kappa shape index (κ3) is 10.8. The van der Waals surface area contributed by atoms with Gasteiger partial charge in [0.15, 0.2) is 11.5 Å². The fourth-order valence-corrected chi connectivity index (χ4v) is 7.05. The van der Waals surface area contributed by atoms with Crippen LogP contribution in [0.4, 0.5) is 11.4 Å². The Balaban J connectivity index is 0.000000156. The highest BCUT2D eigenvalue weighted by atomic mass is 35.5. The number of carbonyl (C=O) groups excluding carboxylic acids is 2. The summed E-state index contributed by atoms with van der Waals surface area (Å²) in [6.07, 6.45) is 3.23. The first-order valence-corrected chi connectivity index (χ1v) is 19.1. The summed E-state index contributed by atoms with van der Waals surface area (Å²) in [4.78, 5) is 33.9. The van der Waals surface area contributed by atoms with Crippen LogP contribution in [0, 0.1) is 5.92 Å². The molecule has 2 N–H and O–H groups in total. The summed E-state index contributed by atoms with van der Waals surface area (Å²) in [5.74, 6) is 3.78. The van der Waals surface area contributed by atoms with Crippen LogP contribution in [0.25, 0.3) is 0 Å². The normalized spacial score (nSPS) is 18.0. The van der Waals surface area contributed by atoms with E-state index >= 15 is 0 Å². The van der Waals surface area contributed by atoms with Crippen molar-refractivity contribution in [2.75, 3.05) is 46.9 Å². The van der Waals surface area contributed by atoms with E-state index in [1.165, 1.54) is 20.6 Å². The maximum Gasteiger partial charge on any atom is 0.307 e. The zero-order valence-corrected chi connectivity index (χ0v) is 32.8. The number of benzene rings is 4. The third-order valence-corrected chi connectivity index (χ3v) is 10.0. The molecular formula is C41H42Cl3N5O6. The van der Waals surface area contributed by atoms with Gasteiger partial charge in [0.25, 0.3) is 0 Å². The molecule has 0 aliphatic carbocycles. The van der Waals surface area contributed by atoms with Crippen LogP contribution in [0.3, 0.4) is 0 Å². The SMILES string of the molecule is COC(=O)CC1CCCNC1.COC(=O)CC1CN(C2=Nc3cc(Cl)ccc3Oc3ccccc32)CCN1.ClC1=Nc2cc(Cl)ccc2Oc2ccccc21. The highest BCUT2D eigenvalue weighted by molar-refractivity contribution is 6.70. The number of fused-ring (bicyclic) bond motifs is 4. The van der Waals surface area contributed by atoms with Gasteiger partial charge in [-0.05, 0) is 92.5 Å². The Kier molecular flexibility index (Phi) is 14.0. The highest BCUT2D eigenvalue weighted by Crippen LogP contribution is 2.41. The molecule has 4 aliphatic rings. The van der Waals surface area contributed by atoms with Crippen LogP contribution in [-0.4, -0.2) is 80.8 Å². The average Bonchev–Trinajstić information content (AvgIpc) is 3.45. The van der Waals surface area contributed by atoms with Crippen molar-refractivity contribution >= 4 is 69.1 Å². The predicted molar refractivity (Wildman–Crippen MR) is 216 cm³/mol. The Bertz CT molecular complexity index is 2050. The molecule has 0 radical (unpaired) electrons. The molecule has 0 aromatic heterocycles. The smallest absolute Gasteiger partial charge is 0.307 e. The van der Waals surface area contributed by atoms with Gasteiger partial charge in [-0.3, -0.25) is 9.59 Å². The molecule has 0 spiro atoms. The van der Waals surface area contributed by atoms with Crippen molar-refractivity contribution in [3.8, 4) is 23.0 Å². The largest absolute Gasteiger partial charge is 0.469 e. The number of hydrogen-bond acceptors (Lipinski definition) is 11. The minimum absolute atomic E-state index is 0.00376. The Morgan fingerprint density at radius 1 is 0.764 bits per heavy atom. The molecule has 8 rings (SSSR count). The maximum atomic E-state index is 11.7. The number of para-hydroxylation sites is 2. The molecule has 11 nitrogen and oxygen atoms in total. The molecule has 0 saturated carbocycles. The molecule has 2 fully saturated rings. The number of amidine groups is 1. The zero-order chi connectivity index (χ0) is 38.7. The van der Waals surface area contributed by atoms with Gasteiger partial charge in [-0.25, -0.2) is 9.98 Å². The molecule has 14 heteroatoms. The minimum Gasteiger partial charge on any atom is -0.469 e. The molecule has 2 unspecified atom stereocenters. The molecule has 4 heterocycles. The first kappa shape index (κ1) is 40.0. The van der Waals surface area contributed by atoms with Crippen LogP contribution in [-0.2, 0) is 19.1 Å². The number of halogens is 3. The number of piperidine rings is 1. The van der Waals surface area contributed by atoms with Crippen LogP contribution in [0.1, 0.15) is 36.8 Å². The summed E-state index contributed by atoms with van der Waals surface area (Å²) in [6, 6.07) is 26.1. The van der Waals surface area contributed by atoms with E-state index in [4.69, 9.17) is 54.0 Å². The summed E-state index contributed by atoms with van der Waals surface area (Å²) in [5, 5.41) is 8.24. The number of hydrogen-bond donors (Lipinski definition) is 2.